The van der Waals surface area contributed by atoms with Gasteiger partial charge in [-0.15, -0.1) is 0 Å². The topological polar surface area (TPSA) is 87.5 Å². The number of carboxylic acids is 1. The van der Waals surface area contributed by atoms with Crippen molar-refractivity contribution in [1.29, 1.82) is 0 Å². The SMILES string of the molecule is COc1cc(N2CC[C@@H](Oc3ccc(N4N=C(C(F)(F)F)[C@@H](C)[C@@H]4CC(=O)O)cc3)[C@H](C)C2)c(Cl)cn1. The molecule has 2 aromatic rings. The summed E-state index contributed by atoms with van der Waals surface area (Å²) in [4.78, 5) is 17.6. The fraction of sp³-hybridized carbons (Fsp3) is 0.480. The van der Waals surface area contributed by atoms with Crippen LogP contribution in [0.3, 0.4) is 0 Å². The Morgan fingerprint density at radius 1 is 1.24 bits per heavy atom. The molecule has 4 rings (SSSR count). The number of carbonyl (C=O) groups is 1. The minimum Gasteiger partial charge on any atom is -0.490 e. The van der Waals surface area contributed by atoms with Crippen LogP contribution in [0.5, 0.6) is 11.6 Å². The van der Waals surface area contributed by atoms with Crippen LogP contribution < -0.4 is 19.4 Å². The molecule has 0 bridgehead atoms. The Labute approximate surface area is 217 Å². The molecule has 1 aromatic carbocycles. The summed E-state index contributed by atoms with van der Waals surface area (Å²) in [5.74, 6) is -1.06. The molecule has 4 atom stereocenters. The smallest absolute Gasteiger partial charge is 0.431 e. The molecule has 0 saturated carbocycles. The van der Waals surface area contributed by atoms with E-state index in [9.17, 15) is 23.1 Å². The zero-order chi connectivity index (χ0) is 26.9. The molecule has 2 aliphatic rings. The van der Waals surface area contributed by atoms with Gasteiger partial charge in [0.05, 0.1) is 42.2 Å². The second kappa shape index (κ2) is 10.6. The number of aromatic nitrogens is 1. The molecule has 1 saturated heterocycles. The standard InChI is InChI=1S/C25H28ClF3N4O4/c1-14-13-32(20-10-22(36-3)30-12-18(20)26)9-8-21(14)37-17-6-4-16(5-7-17)33-19(11-23(34)35)15(2)24(31-33)25(27,28)29/h4-7,10,12,14-15,19,21H,8-9,11,13H2,1-3H3,(H,34,35)/t14-,15+,19+,21-/m1/s1. The van der Waals surface area contributed by atoms with Crippen molar-refractivity contribution in [2.45, 2.75) is 45.0 Å². The van der Waals surface area contributed by atoms with Gasteiger partial charge in [-0.3, -0.25) is 9.80 Å². The average Bonchev–Trinajstić information content (AvgIpc) is 3.17. The molecular formula is C25H28ClF3N4O4. The van der Waals surface area contributed by atoms with E-state index in [1.165, 1.54) is 6.92 Å². The van der Waals surface area contributed by atoms with Crippen molar-refractivity contribution in [3.8, 4) is 11.6 Å². The molecule has 37 heavy (non-hydrogen) atoms. The Morgan fingerprint density at radius 2 is 1.95 bits per heavy atom. The lowest BCUT2D eigenvalue weighted by Gasteiger charge is -2.38. The summed E-state index contributed by atoms with van der Waals surface area (Å²) in [5, 5.41) is 14.7. The Balaban J connectivity index is 1.44. The normalized spacial score (nSPS) is 24.1. The molecule has 0 spiro atoms. The summed E-state index contributed by atoms with van der Waals surface area (Å²) in [6.45, 7) is 4.83. The van der Waals surface area contributed by atoms with Crippen LogP contribution >= 0.6 is 11.6 Å². The van der Waals surface area contributed by atoms with Gasteiger partial charge in [-0.25, -0.2) is 4.98 Å². The van der Waals surface area contributed by atoms with Gasteiger partial charge in [-0.05, 0) is 24.3 Å². The third kappa shape index (κ3) is 5.87. The van der Waals surface area contributed by atoms with E-state index >= 15 is 0 Å². The number of benzene rings is 1. The highest BCUT2D eigenvalue weighted by atomic mass is 35.5. The number of hydrogen-bond donors (Lipinski definition) is 1. The van der Waals surface area contributed by atoms with Gasteiger partial charge in [0.1, 0.15) is 17.6 Å². The number of anilines is 2. The first-order valence-corrected chi connectivity index (χ1v) is 12.2. The quantitative estimate of drug-likeness (QED) is 0.513. The Bertz CT molecular complexity index is 1160. The maximum atomic E-state index is 13.4. The van der Waals surface area contributed by atoms with Crippen molar-refractivity contribution in [2.75, 3.05) is 30.1 Å². The van der Waals surface area contributed by atoms with Gasteiger partial charge in [0.2, 0.25) is 5.88 Å². The minimum atomic E-state index is -4.63. The number of rotatable bonds is 7. The Hall–Kier alpha value is -3.21. The molecule has 1 N–H and O–H groups in total. The highest BCUT2D eigenvalue weighted by Crippen LogP contribution is 2.37. The number of carboxylic acid groups (broad SMARTS) is 1. The number of alkyl halides is 3. The molecule has 1 fully saturated rings. The molecule has 2 aliphatic heterocycles. The van der Waals surface area contributed by atoms with Crippen LogP contribution in [-0.4, -0.2) is 60.3 Å². The molecule has 0 radical (unpaired) electrons. The third-order valence-electron chi connectivity index (χ3n) is 6.79. The maximum absolute atomic E-state index is 13.4. The predicted molar refractivity (Wildman–Crippen MR) is 134 cm³/mol. The predicted octanol–water partition coefficient (Wildman–Crippen LogP) is 5.26. The van der Waals surface area contributed by atoms with Crippen molar-refractivity contribution in [3.63, 3.8) is 0 Å². The van der Waals surface area contributed by atoms with E-state index in [-0.39, 0.29) is 12.0 Å². The molecule has 1 aromatic heterocycles. The van der Waals surface area contributed by atoms with E-state index in [4.69, 9.17) is 21.1 Å². The van der Waals surface area contributed by atoms with Crippen LogP contribution in [0.25, 0.3) is 0 Å². The van der Waals surface area contributed by atoms with E-state index in [0.29, 0.717) is 35.4 Å². The number of ether oxygens (including phenoxy) is 2. The lowest BCUT2D eigenvalue weighted by molar-refractivity contribution is -0.137. The number of piperidine rings is 1. The molecule has 12 heteroatoms. The Kier molecular flexibility index (Phi) is 7.72. The summed E-state index contributed by atoms with van der Waals surface area (Å²) in [6, 6.07) is 7.40. The van der Waals surface area contributed by atoms with E-state index in [1.807, 2.05) is 0 Å². The van der Waals surface area contributed by atoms with E-state index in [1.54, 1.807) is 43.6 Å². The maximum Gasteiger partial charge on any atom is 0.431 e. The van der Waals surface area contributed by atoms with Crippen molar-refractivity contribution in [2.24, 2.45) is 16.9 Å². The van der Waals surface area contributed by atoms with Crippen LogP contribution in [0.4, 0.5) is 24.5 Å². The highest BCUT2D eigenvalue weighted by Gasteiger charge is 2.48. The van der Waals surface area contributed by atoms with E-state index in [2.05, 4.69) is 21.9 Å². The van der Waals surface area contributed by atoms with Crippen molar-refractivity contribution < 1.29 is 32.5 Å². The first-order valence-electron chi connectivity index (χ1n) is 11.9. The number of methoxy groups -OCH3 is 1. The van der Waals surface area contributed by atoms with Crippen molar-refractivity contribution in [3.05, 3.63) is 41.6 Å². The van der Waals surface area contributed by atoms with E-state index in [0.717, 1.165) is 17.1 Å². The molecule has 0 aliphatic carbocycles. The third-order valence-corrected chi connectivity index (χ3v) is 7.08. The van der Waals surface area contributed by atoms with E-state index < -0.39 is 36.2 Å². The van der Waals surface area contributed by atoms with Crippen LogP contribution in [0, 0.1) is 11.8 Å². The Morgan fingerprint density at radius 3 is 2.54 bits per heavy atom. The fourth-order valence-electron chi connectivity index (χ4n) is 4.82. The van der Waals surface area contributed by atoms with Gasteiger partial charge in [0.15, 0.2) is 0 Å². The average molecular weight is 541 g/mol. The molecule has 200 valence electrons. The van der Waals surface area contributed by atoms with Crippen LogP contribution in [0.2, 0.25) is 5.02 Å². The molecule has 0 amide bonds. The number of hydrogen-bond acceptors (Lipinski definition) is 7. The summed E-state index contributed by atoms with van der Waals surface area (Å²) in [5.41, 5.74) is 0.234. The number of halogens is 4. The fourth-order valence-corrected chi connectivity index (χ4v) is 5.04. The number of nitrogens with zero attached hydrogens (tertiary/aromatic N) is 4. The van der Waals surface area contributed by atoms with Crippen molar-refractivity contribution >= 4 is 34.7 Å². The van der Waals surface area contributed by atoms with Gasteiger partial charge >= 0.3 is 12.1 Å². The van der Waals surface area contributed by atoms with Crippen molar-refractivity contribution in [1.82, 2.24) is 4.98 Å². The molecule has 3 heterocycles. The van der Waals surface area contributed by atoms with Gasteiger partial charge in [0, 0.05) is 37.4 Å². The second-order valence-electron chi connectivity index (χ2n) is 9.32. The first kappa shape index (κ1) is 26.8. The first-order chi connectivity index (χ1) is 17.5. The molecule has 8 nitrogen and oxygen atoms in total. The second-order valence-corrected chi connectivity index (χ2v) is 9.73. The lowest BCUT2D eigenvalue weighted by atomic mass is 9.94. The van der Waals surface area contributed by atoms with Gasteiger partial charge in [-0.1, -0.05) is 25.4 Å². The zero-order valence-electron chi connectivity index (χ0n) is 20.6. The summed E-state index contributed by atoms with van der Waals surface area (Å²) < 4.78 is 51.7. The summed E-state index contributed by atoms with van der Waals surface area (Å²) in [6.07, 6.45) is -2.88. The van der Waals surface area contributed by atoms with Gasteiger partial charge < -0.3 is 19.5 Å². The summed E-state index contributed by atoms with van der Waals surface area (Å²) >= 11 is 6.35. The number of aliphatic carboxylic acids is 1. The minimum absolute atomic E-state index is 0.0778. The van der Waals surface area contributed by atoms with Crippen LogP contribution in [0.15, 0.2) is 41.6 Å². The summed E-state index contributed by atoms with van der Waals surface area (Å²) in [7, 11) is 1.55. The number of hydrazone groups is 1. The molecule has 0 unspecified atom stereocenters. The van der Waals surface area contributed by atoms with Gasteiger partial charge in [-0.2, -0.15) is 18.3 Å². The lowest BCUT2D eigenvalue weighted by Crippen LogP contribution is -2.44. The van der Waals surface area contributed by atoms with Gasteiger partial charge in [0.25, 0.3) is 0 Å². The molecular weight excluding hydrogens is 513 g/mol. The van der Waals surface area contributed by atoms with Crippen LogP contribution in [-0.2, 0) is 4.79 Å². The van der Waals surface area contributed by atoms with Crippen LogP contribution in [0.1, 0.15) is 26.7 Å². The highest BCUT2D eigenvalue weighted by molar-refractivity contribution is 6.33. The monoisotopic (exact) mass is 540 g/mol. The number of pyridine rings is 1. The zero-order valence-corrected chi connectivity index (χ0v) is 21.3. The largest absolute Gasteiger partial charge is 0.490 e.